The van der Waals surface area contributed by atoms with Gasteiger partial charge in [0.05, 0.1) is 0 Å². The quantitative estimate of drug-likeness (QED) is 0.288. The van der Waals surface area contributed by atoms with E-state index in [1.807, 2.05) is 0 Å². The van der Waals surface area contributed by atoms with E-state index in [0.717, 1.165) is 5.92 Å². The summed E-state index contributed by atoms with van der Waals surface area (Å²) in [5.41, 5.74) is 0.420. The molecule has 2 nitrogen and oxygen atoms in total. The molecule has 0 bridgehead atoms. The Kier molecular flexibility index (Phi) is 8.64. The van der Waals surface area contributed by atoms with Crippen LogP contribution in [0.1, 0.15) is 72.6 Å². The second kappa shape index (κ2) is 9.39. The molecule has 0 aromatic carbocycles. The molecular formula is C17H33INO-. The fraction of sp³-hybridized carbons (Fsp3) is 0.941. The summed E-state index contributed by atoms with van der Waals surface area (Å²) in [5, 5.41) is 3.50. The predicted octanol–water partition coefficient (Wildman–Crippen LogP) is 0.987. The van der Waals surface area contributed by atoms with Crippen molar-refractivity contribution in [2.45, 2.75) is 78.7 Å². The summed E-state index contributed by atoms with van der Waals surface area (Å²) >= 11 is -0.235. The first-order valence-electron chi connectivity index (χ1n) is 8.26. The van der Waals surface area contributed by atoms with Crippen LogP contribution in [0.4, 0.5) is 0 Å². The van der Waals surface area contributed by atoms with Crippen molar-refractivity contribution in [2.24, 2.45) is 11.3 Å². The van der Waals surface area contributed by atoms with E-state index in [0.29, 0.717) is 21.8 Å². The van der Waals surface area contributed by atoms with E-state index in [9.17, 15) is 4.79 Å². The van der Waals surface area contributed by atoms with E-state index in [1.54, 1.807) is 0 Å². The van der Waals surface area contributed by atoms with Crippen LogP contribution in [0.2, 0.25) is 0 Å². The summed E-state index contributed by atoms with van der Waals surface area (Å²) in [6, 6.07) is 0.611. The van der Waals surface area contributed by atoms with Crippen LogP contribution in [0.5, 0.6) is 0 Å². The molecule has 0 aromatic rings. The molecular weight excluding hydrogens is 361 g/mol. The first-order valence-corrected chi connectivity index (χ1v) is 10.9. The first-order chi connectivity index (χ1) is 9.40. The summed E-state index contributed by atoms with van der Waals surface area (Å²) in [6.07, 6.45) is 9.04. The van der Waals surface area contributed by atoms with Gasteiger partial charge in [0.15, 0.2) is 0 Å². The Morgan fingerprint density at radius 1 is 1.20 bits per heavy atom. The molecule has 3 heteroatoms. The first kappa shape index (κ1) is 18.4. The number of hydrogen-bond acceptors (Lipinski definition) is 2. The Labute approximate surface area is 136 Å². The number of nitrogens with one attached hydrogen (secondary N) is 1. The van der Waals surface area contributed by atoms with Gasteiger partial charge in [-0.1, -0.05) is 0 Å². The maximum absolute atomic E-state index is 11.9. The van der Waals surface area contributed by atoms with Crippen LogP contribution in [-0.2, 0) is 4.79 Å². The molecule has 0 atom stereocenters. The van der Waals surface area contributed by atoms with Gasteiger partial charge in [-0.2, -0.15) is 0 Å². The van der Waals surface area contributed by atoms with Crippen LogP contribution in [0, 0.1) is 11.3 Å². The number of carbonyl (C=O) groups is 1. The molecule has 0 saturated heterocycles. The molecule has 20 heavy (non-hydrogen) atoms. The molecule has 0 aliphatic heterocycles. The zero-order valence-corrected chi connectivity index (χ0v) is 16.0. The van der Waals surface area contributed by atoms with Crippen molar-refractivity contribution in [2.75, 3.05) is 11.0 Å². The minimum absolute atomic E-state index is 0.235. The molecule has 1 saturated carbocycles. The maximum atomic E-state index is 11.9. The standard InChI is InChI=1S/C17H33INO/c1-5-14-7-9-15(10-8-14)19-13-16(20)18-12-6-11-17(2,3)4/h14-15,19H,5-13H2,1-4H3/q-1. The fourth-order valence-corrected chi connectivity index (χ4v) is 4.67. The molecule has 0 aromatic heterocycles. The molecule has 0 amide bonds. The third kappa shape index (κ3) is 8.60. The second-order valence-corrected chi connectivity index (χ2v) is 10.4. The molecule has 0 radical (unpaired) electrons. The van der Waals surface area contributed by atoms with Crippen LogP contribution in [0.25, 0.3) is 0 Å². The van der Waals surface area contributed by atoms with Crippen molar-refractivity contribution in [1.82, 2.24) is 5.32 Å². The third-order valence-corrected chi connectivity index (χ3v) is 6.79. The van der Waals surface area contributed by atoms with E-state index in [-0.39, 0.29) is 21.2 Å². The van der Waals surface area contributed by atoms with Crippen molar-refractivity contribution in [1.29, 1.82) is 0 Å². The fourth-order valence-electron chi connectivity index (χ4n) is 2.82. The van der Waals surface area contributed by atoms with Gasteiger partial charge in [0, 0.05) is 0 Å². The van der Waals surface area contributed by atoms with Crippen molar-refractivity contribution in [3.05, 3.63) is 0 Å². The zero-order chi connectivity index (χ0) is 15.0. The van der Waals surface area contributed by atoms with E-state index >= 15 is 0 Å². The summed E-state index contributed by atoms with van der Waals surface area (Å²) < 4.78 is 1.68. The van der Waals surface area contributed by atoms with E-state index in [1.165, 1.54) is 49.4 Å². The van der Waals surface area contributed by atoms with Crippen molar-refractivity contribution >= 4 is 3.79 Å². The molecule has 1 fully saturated rings. The molecule has 1 N–H and O–H groups in total. The Hall–Kier alpha value is 0.360. The Bertz CT molecular complexity index is 277. The zero-order valence-electron chi connectivity index (χ0n) is 13.8. The van der Waals surface area contributed by atoms with Gasteiger partial charge >= 0.3 is 136 Å². The number of carbonyl (C=O) groups excluding carboxylic acids is 1. The second-order valence-electron chi connectivity index (χ2n) is 7.35. The molecule has 120 valence electrons. The number of halogens is 1. The number of hydrogen-bond donors (Lipinski definition) is 1. The average molecular weight is 394 g/mol. The molecule has 0 unspecified atom stereocenters. The van der Waals surface area contributed by atoms with E-state index in [2.05, 4.69) is 33.0 Å². The number of alkyl halides is 1. The minimum atomic E-state index is -0.235. The van der Waals surface area contributed by atoms with Gasteiger partial charge < -0.3 is 0 Å². The Morgan fingerprint density at radius 3 is 2.40 bits per heavy atom. The van der Waals surface area contributed by atoms with Crippen LogP contribution in [-0.4, -0.2) is 20.8 Å². The van der Waals surface area contributed by atoms with Crippen LogP contribution >= 0.6 is 0 Å². The van der Waals surface area contributed by atoms with Crippen LogP contribution in [0.15, 0.2) is 0 Å². The molecule has 1 rings (SSSR count). The summed E-state index contributed by atoms with van der Waals surface area (Å²) in [6.45, 7) is 9.78. The number of rotatable bonds is 8. The predicted molar refractivity (Wildman–Crippen MR) is 82.6 cm³/mol. The molecule has 1 aliphatic rings. The summed E-state index contributed by atoms with van der Waals surface area (Å²) in [5.74, 6) is 0.938. The molecule has 1 aliphatic carbocycles. The molecule has 0 spiro atoms. The van der Waals surface area contributed by atoms with Crippen molar-refractivity contribution in [3.8, 4) is 0 Å². The van der Waals surface area contributed by atoms with Gasteiger partial charge in [-0.25, -0.2) is 0 Å². The Morgan fingerprint density at radius 2 is 1.85 bits per heavy atom. The monoisotopic (exact) mass is 394 g/mol. The summed E-state index contributed by atoms with van der Waals surface area (Å²) in [7, 11) is 0. The van der Waals surface area contributed by atoms with Crippen LogP contribution < -0.4 is 26.5 Å². The van der Waals surface area contributed by atoms with Gasteiger partial charge in [-0.15, -0.1) is 0 Å². The normalized spacial score (nSPS) is 24.0. The van der Waals surface area contributed by atoms with Gasteiger partial charge in [0.2, 0.25) is 0 Å². The molecule has 0 heterocycles. The van der Waals surface area contributed by atoms with Gasteiger partial charge in [-0.05, 0) is 0 Å². The average Bonchev–Trinajstić information content (AvgIpc) is 2.41. The van der Waals surface area contributed by atoms with Gasteiger partial charge in [-0.3, -0.25) is 0 Å². The Balaban J connectivity index is 2.03. The van der Waals surface area contributed by atoms with Gasteiger partial charge in [0.25, 0.3) is 0 Å². The van der Waals surface area contributed by atoms with Crippen LogP contribution in [0.3, 0.4) is 0 Å². The SMILES string of the molecule is CCC1CCC(NCC(=O)[I-]CCCC(C)(C)C)CC1. The summed E-state index contributed by atoms with van der Waals surface area (Å²) in [4.78, 5) is 11.9. The topological polar surface area (TPSA) is 29.1 Å². The van der Waals surface area contributed by atoms with Crippen molar-refractivity contribution in [3.63, 3.8) is 0 Å². The van der Waals surface area contributed by atoms with E-state index in [4.69, 9.17) is 0 Å². The van der Waals surface area contributed by atoms with Gasteiger partial charge in [0.1, 0.15) is 0 Å². The van der Waals surface area contributed by atoms with E-state index < -0.39 is 0 Å². The third-order valence-electron chi connectivity index (χ3n) is 4.26. The van der Waals surface area contributed by atoms with Crippen molar-refractivity contribution < 1.29 is 26.0 Å².